The zero-order valence-electron chi connectivity index (χ0n) is 13.1. The van der Waals surface area contributed by atoms with Crippen LogP contribution in [0.2, 0.25) is 0 Å². The van der Waals surface area contributed by atoms with Gasteiger partial charge < -0.3 is 10.4 Å². The Morgan fingerprint density at radius 1 is 1.08 bits per heavy atom. The van der Waals surface area contributed by atoms with Gasteiger partial charge in [-0.15, -0.1) is 0 Å². The molecular weight excluding hydrogens is 335 g/mol. The number of carboxylic acids is 1. The van der Waals surface area contributed by atoms with Crippen molar-refractivity contribution in [1.82, 2.24) is 9.97 Å². The molecule has 0 aliphatic carbocycles. The summed E-state index contributed by atoms with van der Waals surface area (Å²) in [6, 6.07) is 16.5. The van der Waals surface area contributed by atoms with Crippen LogP contribution in [-0.4, -0.2) is 34.3 Å². The van der Waals surface area contributed by atoms with Crippen molar-refractivity contribution in [2.45, 2.75) is 6.18 Å². The minimum Gasteiger partial charge on any atom is -0.475 e. The lowest BCUT2D eigenvalue weighted by atomic mass is 10.0. The van der Waals surface area contributed by atoms with Gasteiger partial charge in [-0.1, -0.05) is 42.5 Å². The van der Waals surface area contributed by atoms with Gasteiger partial charge in [0, 0.05) is 18.8 Å². The maximum absolute atomic E-state index is 10.6. The summed E-state index contributed by atoms with van der Waals surface area (Å²) in [5.41, 5.74) is 2.07. The number of alkyl halides is 3. The molecular formula is C17H14F3N3O2. The maximum atomic E-state index is 10.6. The monoisotopic (exact) mass is 349 g/mol. The van der Waals surface area contributed by atoms with Crippen molar-refractivity contribution in [3.8, 4) is 11.3 Å². The van der Waals surface area contributed by atoms with E-state index in [1.165, 1.54) is 10.8 Å². The minimum absolute atomic E-state index is 0.639. The lowest BCUT2D eigenvalue weighted by Crippen LogP contribution is -2.21. The summed E-state index contributed by atoms with van der Waals surface area (Å²) in [6.07, 6.45) is -3.31. The first kappa shape index (κ1) is 18.2. The fourth-order valence-corrected chi connectivity index (χ4v) is 2.08. The number of carbonyl (C=O) groups is 1. The highest BCUT2D eigenvalue weighted by Crippen LogP contribution is 2.27. The van der Waals surface area contributed by atoms with Gasteiger partial charge >= 0.3 is 12.1 Å². The Balaban J connectivity index is 0.000000277. The molecule has 0 spiro atoms. The lowest BCUT2D eigenvalue weighted by Gasteiger charge is -2.07. The van der Waals surface area contributed by atoms with Crippen molar-refractivity contribution >= 4 is 22.7 Å². The number of aliphatic carboxylic acids is 1. The van der Waals surface area contributed by atoms with Crippen LogP contribution in [0.25, 0.3) is 22.0 Å². The van der Waals surface area contributed by atoms with E-state index in [4.69, 9.17) is 9.90 Å². The van der Waals surface area contributed by atoms with Gasteiger partial charge in [-0.25, -0.2) is 14.8 Å². The molecule has 0 radical (unpaired) electrons. The van der Waals surface area contributed by atoms with Gasteiger partial charge in [0.2, 0.25) is 5.95 Å². The summed E-state index contributed by atoms with van der Waals surface area (Å²) >= 11 is 0. The third-order valence-electron chi connectivity index (χ3n) is 3.19. The van der Waals surface area contributed by atoms with Crippen molar-refractivity contribution in [3.63, 3.8) is 0 Å². The summed E-state index contributed by atoms with van der Waals surface area (Å²) in [4.78, 5) is 17.5. The van der Waals surface area contributed by atoms with Crippen LogP contribution in [0.3, 0.4) is 0 Å². The van der Waals surface area contributed by atoms with Crippen molar-refractivity contribution in [3.05, 3.63) is 54.7 Å². The molecule has 2 N–H and O–H groups in total. The van der Waals surface area contributed by atoms with Crippen LogP contribution in [0.5, 0.6) is 0 Å². The van der Waals surface area contributed by atoms with Gasteiger partial charge in [-0.05, 0) is 16.8 Å². The number of halogens is 3. The fraction of sp³-hybridized carbons (Fsp3) is 0.118. The molecule has 5 nitrogen and oxygen atoms in total. The highest BCUT2D eigenvalue weighted by atomic mass is 19.4. The summed E-state index contributed by atoms with van der Waals surface area (Å²) in [7, 11) is 1.82. The number of hydrogen-bond donors (Lipinski definition) is 2. The normalized spacial score (nSPS) is 10.7. The zero-order chi connectivity index (χ0) is 18.4. The fourth-order valence-electron chi connectivity index (χ4n) is 2.08. The van der Waals surface area contributed by atoms with Gasteiger partial charge in [0.25, 0.3) is 0 Å². The van der Waals surface area contributed by atoms with E-state index in [1.807, 2.05) is 25.2 Å². The summed E-state index contributed by atoms with van der Waals surface area (Å²) < 4.78 is 31.7. The average Bonchev–Trinajstić information content (AvgIpc) is 2.61. The number of aromatic nitrogens is 2. The van der Waals surface area contributed by atoms with Crippen LogP contribution >= 0.6 is 0 Å². The molecule has 0 bridgehead atoms. The third-order valence-corrected chi connectivity index (χ3v) is 3.19. The van der Waals surface area contributed by atoms with Crippen LogP contribution in [0.15, 0.2) is 54.7 Å². The topological polar surface area (TPSA) is 75.1 Å². The molecule has 0 amide bonds. The van der Waals surface area contributed by atoms with Gasteiger partial charge in [0.05, 0.1) is 5.69 Å². The first-order valence-corrected chi connectivity index (χ1v) is 7.12. The van der Waals surface area contributed by atoms with Gasteiger partial charge in [-0.3, -0.25) is 0 Å². The maximum Gasteiger partial charge on any atom is 0.490 e. The summed E-state index contributed by atoms with van der Waals surface area (Å²) in [5.74, 6) is -2.12. The Hall–Kier alpha value is -3.16. The highest BCUT2D eigenvalue weighted by molar-refractivity contribution is 5.95. The quantitative estimate of drug-likeness (QED) is 0.732. The number of rotatable bonds is 2. The van der Waals surface area contributed by atoms with Crippen molar-refractivity contribution < 1.29 is 23.1 Å². The predicted molar refractivity (Wildman–Crippen MR) is 88.2 cm³/mol. The molecule has 8 heteroatoms. The van der Waals surface area contributed by atoms with Crippen LogP contribution < -0.4 is 5.32 Å². The lowest BCUT2D eigenvalue weighted by molar-refractivity contribution is -0.192. The van der Waals surface area contributed by atoms with Crippen molar-refractivity contribution in [2.24, 2.45) is 0 Å². The molecule has 0 fully saturated rings. The molecule has 130 valence electrons. The van der Waals surface area contributed by atoms with Crippen LogP contribution in [-0.2, 0) is 4.79 Å². The molecule has 1 aromatic heterocycles. The van der Waals surface area contributed by atoms with E-state index in [1.54, 1.807) is 6.20 Å². The Morgan fingerprint density at radius 2 is 1.72 bits per heavy atom. The second-order valence-corrected chi connectivity index (χ2v) is 4.85. The summed E-state index contributed by atoms with van der Waals surface area (Å²) in [6.45, 7) is 0. The van der Waals surface area contributed by atoms with E-state index >= 15 is 0 Å². The number of carboxylic acid groups (broad SMARTS) is 1. The number of hydrogen-bond acceptors (Lipinski definition) is 4. The van der Waals surface area contributed by atoms with Crippen molar-refractivity contribution in [1.29, 1.82) is 0 Å². The van der Waals surface area contributed by atoms with Crippen molar-refractivity contribution in [2.75, 3.05) is 12.4 Å². The van der Waals surface area contributed by atoms with Crippen LogP contribution in [0.1, 0.15) is 0 Å². The number of anilines is 1. The number of fused-ring (bicyclic) bond motifs is 1. The average molecular weight is 349 g/mol. The zero-order valence-corrected chi connectivity index (χ0v) is 13.1. The molecule has 0 atom stereocenters. The molecule has 0 saturated carbocycles. The van der Waals surface area contributed by atoms with E-state index in [9.17, 15) is 13.2 Å². The second kappa shape index (κ2) is 7.61. The standard InChI is InChI=1S/C15H13N3.C2HF3O2/c1-16-15-17-10-9-14(18-15)13-8-4-6-11-5-2-3-7-12(11)13;3-2(4,5)1(6)7/h2-10H,1H3,(H,16,17,18);(H,6,7). The molecule has 0 aliphatic rings. The Kier molecular flexibility index (Phi) is 5.53. The molecule has 3 rings (SSSR count). The highest BCUT2D eigenvalue weighted by Gasteiger charge is 2.38. The Bertz CT molecular complexity index is 877. The number of nitrogens with zero attached hydrogens (tertiary/aromatic N) is 2. The molecule has 0 unspecified atom stereocenters. The second-order valence-electron chi connectivity index (χ2n) is 4.85. The first-order chi connectivity index (χ1) is 11.8. The smallest absolute Gasteiger partial charge is 0.475 e. The van der Waals surface area contributed by atoms with E-state index in [-0.39, 0.29) is 0 Å². The largest absolute Gasteiger partial charge is 0.490 e. The van der Waals surface area contributed by atoms with E-state index < -0.39 is 12.1 Å². The van der Waals surface area contributed by atoms with Gasteiger partial charge in [-0.2, -0.15) is 13.2 Å². The molecule has 25 heavy (non-hydrogen) atoms. The molecule has 1 heterocycles. The van der Waals surface area contributed by atoms with Gasteiger partial charge in [0.1, 0.15) is 0 Å². The predicted octanol–water partition coefficient (Wildman–Crippen LogP) is 3.97. The third kappa shape index (κ3) is 4.66. The SMILES string of the molecule is CNc1nccc(-c2cccc3ccccc23)n1.O=C(O)C(F)(F)F. The summed E-state index contributed by atoms with van der Waals surface area (Å²) in [5, 5.41) is 12.5. The molecule has 0 aliphatic heterocycles. The molecule has 2 aromatic carbocycles. The van der Waals surface area contributed by atoms with Crippen LogP contribution in [0.4, 0.5) is 19.1 Å². The molecule has 0 saturated heterocycles. The van der Waals surface area contributed by atoms with E-state index in [0.717, 1.165) is 11.3 Å². The Morgan fingerprint density at radius 3 is 2.36 bits per heavy atom. The first-order valence-electron chi connectivity index (χ1n) is 7.12. The van der Waals surface area contributed by atoms with Crippen LogP contribution in [0, 0.1) is 0 Å². The minimum atomic E-state index is -5.08. The molecule has 3 aromatic rings. The van der Waals surface area contributed by atoms with Gasteiger partial charge in [0.15, 0.2) is 0 Å². The Labute approximate surface area is 141 Å². The number of benzene rings is 2. The van der Waals surface area contributed by atoms with E-state index in [0.29, 0.717) is 5.95 Å². The number of nitrogens with one attached hydrogen (secondary N) is 1. The van der Waals surface area contributed by atoms with E-state index in [2.05, 4.69) is 45.6 Å².